The third-order valence-electron chi connectivity index (χ3n) is 6.53. The van der Waals surface area contributed by atoms with E-state index in [-0.39, 0.29) is 0 Å². The van der Waals surface area contributed by atoms with Crippen molar-refractivity contribution in [3.63, 3.8) is 0 Å². The number of hydrogen-bond acceptors (Lipinski definition) is 8. The van der Waals surface area contributed by atoms with Crippen LogP contribution >= 0.6 is 69.6 Å². The molecule has 0 atom stereocenters. The molecule has 0 spiro atoms. The molecule has 0 N–H and O–H groups in total. The monoisotopic (exact) mass is 790 g/mol. The molecule has 5 rings (SSSR count). The van der Waals surface area contributed by atoms with Gasteiger partial charge in [-0.25, -0.2) is 0 Å². The quantitative estimate of drug-likeness (QED) is 0.116. The maximum Gasteiger partial charge on any atom is 0.148 e. The largest absolute Gasteiger partial charge is 0.491 e. The zero-order valence-corrected chi connectivity index (χ0v) is 31.6. The summed E-state index contributed by atoms with van der Waals surface area (Å²) >= 11 is 9.26. The molecule has 0 radical (unpaired) electrons. The van der Waals surface area contributed by atoms with Crippen LogP contribution in [0.2, 0.25) is 0 Å². The van der Waals surface area contributed by atoms with Gasteiger partial charge in [0.1, 0.15) is 23.0 Å². The Morgan fingerprint density at radius 1 is 0.422 bits per heavy atom. The summed E-state index contributed by atoms with van der Waals surface area (Å²) in [5.74, 6) is 3.60. The average Bonchev–Trinajstić information content (AvgIpc) is 3.04. The predicted octanol–water partition coefficient (Wildman–Crippen LogP) is 12.4. The van der Waals surface area contributed by atoms with Gasteiger partial charge in [0.15, 0.2) is 0 Å². The lowest BCUT2D eigenvalue weighted by molar-refractivity contribution is 0.299. The Morgan fingerprint density at radius 3 is 1.09 bits per heavy atom. The molecular formula is C36H39IO4S4. The van der Waals surface area contributed by atoms with Crippen molar-refractivity contribution in [3.05, 3.63) is 70.3 Å². The van der Waals surface area contributed by atoms with Crippen LogP contribution in [0.25, 0.3) is 0 Å². The van der Waals surface area contributed by atoms with Crippen molar-refractivity contribution < 1.29 is 18.9 Å². The van der Waals surface area contributed by atoms with Crippen LogP contribution in [0, 0.1) is 3.57 Å². The second-order valence-corrected chi connectivity index (χ2v) is 15.7. The third kappa shape index (κ3) is 8.58. The smallest absolute Gasteiger partial charge is 0.148 e. The molecular weight excluding hydrogens is 752 g/mol. The van der Waals surface area contributed by atoms with Gasteiger partial charge in [0.25, 0.3) is 0 Å². The van der Waals surface area contributed by atoms with Gasteiger partial charge in [-0.05, 0) is 96.8 Å². The van der Waals surface area contributed by atoms with Crippen molar-refractivity contribution in [2.75, 3.05) is 26.4 Å². The van der Waals surface area contributed by atoms with Crippen molar-refractivity contribution in [3.8, 4) is 23.0 Å². The molecule has 4 aromatic carbocycles. The third-order valence-corrected chi connectivity index (χ3v) is 12.2. The first-order chi connectivity index (χ1) is 22.1. The van der Waals surface area contributed by atoms with Gasteiger partial charge >= 0.3 is 0 Å². The van der Waals surface area contributed by atoms with E-state index in [0.717, 1.165) is 91.4 Å². The first-order valence-electron chi connectivity index (χ1n) is 15.5. The lowest BCUT2D eigenvalue weighted by atomic mass is 10.3. The van der Waals surface area contributed by atoms with E-state index in [1.54, 1.807) is 47.0 Å². The maximum absolute atomic E-state index is 6.56. The molecule has 0 fully saturated rings. The Labute approximate surface area is 298 Å². The first-order valence-corrected chi connectivity index (χ1v) is 19.9. The number of hydrogen-bond donors (Lipinski definition) is 0. The maximum atomic E-state index is 6.56. The summed E-state index contributed by atoms with van der Waals surface area (Å²) in [4.78, 5) is 8.55. The Bertz CT molecular complexity index is 1600. The summed E-state index contributed by atoms with van der Waals surface area (Å²) < 4.78 is 27.2. The Balaban J connectivity index is 1.76. The van der Waals surface area contributed by atoms with E-state index in [4.69, 9.17) is 18.9 Å². The van der Waals surface area contributed by atoms with Crippen LogP contribution in [-0.2, 0) is 0 Å². The van der Waals surface area contributed by atoms with Gasteiger partial charge in [-0.2, -0.15) is 0 Å². The van der Waals surface area contributed by atoms with Gasteiger partial charge in [0.2, 0.25) is 0 Å². The topological polar surface area (TPSA) is 36.9 Å². The number of rotatable bonds is 12. The van der Waals surface area contributed by atoms with Crippen LogP contribution in [0.3, 0.4) is 0 Å². The number of fused-ring (bicyclic) bond motifs is 8. The van der Waals surface area contributed by atoms with E-state index in [2.05, 4.69) is 117 Å². The average molecular weight is 791 g/mol. The fourth-order valence-electron chi connectivity index (χ4n) is 4.51. The van der Waals surface area contributed by atoms with E-state index in [1.807, 2.05) is 0 Å². The lowest BCUT2D eigenvalue weighted by Crippen LogP contribution is -2.02. The van der Waals surface area contributed by atoms with Crippen molar-refractivity contribution >= 4 is 69.6 Å². The van der Waals surface area contributed by atoms with Crippen LogP contribution in [0.1, 0.15) is 53.4 Å². The van der Waals surface area contributed by atoms with Crippen LogP contribution < -0.4 is 18.9 Å². The highest BCUT2D eigenvalue weighted by atomic mass is 127. The van der Waals surface area contributed by atoms with Crippen LogP contribution in [-0.4, -0.2) is 26.4 Å². The fraction of sp³-hybridized carbons (Fsp3) is 0.333. The second-order valence-electron chi connectivity index (χ2n) is 10.3. The van der Waals surface area contributed by atoms with Gasteiger partial charge < -0.3 is 18.9 Å². The Morgan fingerprint density at radius 2 is 0.733 bits per heavy atom. The molecule has 1 aliphatic rings. The van der Waals surface area contributed by atoms with E-state index in [0.29, 0.717) is 26.4 Å². The van der Waals surface area contributed by atoms with E-state index in [9.17, 15) is 0 Å². The van der Waals surface area contributed by atoms with Crippen molar-refractivity contribution in [2.45, 2.75) is 92.5 Å². The molecule has 4 nitrogen and oxygen atoms in total. The SMILES string of the molecule is CCCOc1c2cccc1Sc1cccc(c1OCCC)Sc1c(I)ccc(c1OCCC)Sc1cccc(c1OCCC)S2. The highest BCUT2D eigenvalue weighted by molar-refractivity contribution is 14.1. The zero-order valence-electron chi connectivity index (χ0n) is 26.2. The second kappa shape index (κ2) is 17.4. The van der Waals surface area contributed by atoms with Crippen molar-refractivity contribution in [1.82, 2.24) is 0 Å². The number of ether oxygens (including phenoxy) is 4. The molecule has 0 amide bonds. The summed E-state index contributed by atoms with van der Waals surface area (Å²) in [5.41, 5.74) is 0. The number of para-hydroxylation sites is 3. The summed E-state index contributed by atoms with van der Waals surface area (Å²) in [6.45, 7) is 11.1. The number of halogens is 1. The molecule has 1 aliphatic heterocycles. The standard InChI is InChI=1S/C36H39IO4S4/c1-5-20-38-32-25-12-9-13-26(32)43-29-16-11-17-30(34(29)40-22-7-3)45-36-24(37)18-19-31(35(36)41-23-8-4)44-28-15-10-14-27(42-25)33(28)39-21-6-2/h9-19H,5-8,20-23H2,1-4H3. The van der Waals surface area contributed by atoms with Crippen molar-refractivity contribution in [1.29, 1.82) is 0 Å². The summed E-state index contributed by atoms with van der Waals surface area (Å²) in [6.07, 6.45) is 3.70. The summed E-state index contributed by atoms with van der Waals surface area (Å²) in [7, 11) is 0. The zero-order chi connectivity index (χ0) is 31.6. The van der Waals surface area contributed by atoms with E-state index >= 15 is 0 Å². The summed E-state index contributed by atoms with van der Waals surface area (Å²) in [5, 5.41) is 0. The normalized spacial score (nSPS) is 12.5. The molecule has 238 valence electrons. The van der Waals surface area contributed by atoms with E-state index in [1.165, 1.54) is 0 Å². The Kier molecular flexibility index (Phi) is 13.3. The van der Waals surface area contributed by atoms with Gasteiger partial charge in [0, 0.05) is 3.57 Å². The molecule has 1 heterocycles. The molecule has 8 bridgehead atoms. The van der Waals surface area contributed by atoms with Gasteiger partial charge in [-0.15, -0.1) is 0 Å². The molecule has 45 heavy (non-hydrogen) atoms. The minimum atomic E-state index is 0.639. The number of benzene rings is 4. The summed E-state index contributed by atoms with van der Waals surface area (Å²) in [6, 6.07) is 23.6. The highest BCUT2D eigenvalue weighted by Crippen LogP contribution is 2.54. The van der Waals surface area contributed by atoms with Crippen LogP contribution in [0.4, 0.5) is 0 Å². The van der Waals surface area contributed by atoms with Crippen LogP contribution in [0.5, 0.6) is 23.0 Å². The minimum Gasteiger partial charge on any atom is -0.491 e. The van der Waals surface area contributed by atoms with Gasteiger partial charge in [-0.1, -0.05) is 92.9 Å². The Hall–Kier alpha value is -1.79. The molecule has 4 aromatic rings. The molecule has 0 saturated carbocycles. The molecule has 0 unspecified atom stereocenters. The first kappa shape index (κ1) is 34.5. The highest BCUT2D eigenvalue weighted by Gasteiger charge is 2.24. The minimum absolute atomic E-state index is 0.639. The predicted molar refractivity (Wildman–Crippen MR) is 198 cm³/mol. The molecule has 0 saturated heterocycles. The van der Waals surface area contributed by atoms with E-state index < -0.39 is 0 Å². The van der Waals surface area contributed by atoms with Crippen molar-refractivity contribution in [2.24, 2.45) is 0 Å². The fourth-order valence-corrected chi connectivity index (χ4v) is 9.72. The molecule has 0 aromatic heterocycles. The molecule has 0 aliphatic carbocycles. The van der Waals surface area contributed by atoms with Gasteiger partial charge in [-0.3, -0.25) is 0 Å². The molecule has 9 heteroatoms. The van der Waals surface area contributed by atoms with Crippen LogP contribution in [0.15, 0.2) is 106 Å². The van der Waals surface area contributed by atoms with Gasteiger partial charge in [0.05, 0.1) is 65.6 Å². The lowest BCUT2D eigenvalue weighted by Gasteiger charge is -2.22.